The van der Waals surface area contributed by atoms with Gasteiger partial charge in [-0.2, -0.15) is 0 Å². The van der Waals surface area contributed by atoms with E-state index in [0.717, 1.165) is 6.07 Å². The third-order valence-corrected chi connectivity index (χ3v) is 7.16. The van der Waals surface area contributed by atoms with Crippen LogP contribution in [-0.2, 0) is 11.3 Å². The molecule has 0 saturated heterocycles. The van der Waals surface area contributed by atoms with Crippen LogP contribution in [0.2, 0.25) is 0 Å². The van der Waals surface area contributed by atoms with E-state index in [1.54, 1.807) is 59.2 Å². The molecular weight excluding hydrogens is 620 g/mol. The lowest BCUT2D eigenvalue weighted by molar-refractivity contribution is -0.274. The highest BCUT2D eigenvalue weighted by Crippen LogP contribution is 2.42. The summed E-state index contributed by atoms with van der Waals surface area (Å²) in [6, 6.07) is 19.5. The number of aromatic nitrogens is 1. The van der Waals surface area contributed by atoms with Gasteiger partial charge in [-0.25, -0.2) is 4.39 Å². The van der Waals surface area contributed by atoms with Gasteiger partial charge in [0.05, 0.1) is 18.6 Å². The van der Waals surface area contributed by atoms with Crippen LogP contribution in [0, 0.1) is 5.82 Å². The van der Waals surface area contributed by atoms with E-state index in [4.69, 9.17) is 5.11 Å². The average molecular weight is 655 g/mol. The minimum atomic E-state index is -4.88. The average Bonchev–Trinajstić information content (AvgIpc) is 3.34. The van der Waals surface area contributed by atoms with Gasteiger partial charge in [0.25, 0.3) is 5.91 Å². The number of nitrogens with one attached hydrogen (secondary N) is 1. The van der Waals surface area contributed by atoms with Crippen molar-refractivity contribution in [1.29, 1.82) is 0 Å². The van der Waals surface area contributed by atoms with Crippen LogP contribution >= 0.6 is 0 Å². The molecular formula is C35H34F4N2O6. The summed E-state index contributed by atoms with van der Waals surface area (Å²) >= 11 is 0. The van der Waals surface area contributed by atoms with E-state index in [9.17, 15) is 37.4 Å². The Morgan fingerprint density at radius 3 is 2.21 bits per heavy atom. The van der Waals surface area contributed by atoms with E-state index in [1.807, 2.05) is 13.8 Å². The summed E-state index contributed by atoms with van der Waals surface area (Å²) < 4.78 is 58.2. The second-order valence-corrected chi connectivity index (χ2v) is 11.1. The fraction of sp³-hybridized carbons (Fsp3) is 0.257. The van der Waals surface area contributed by atoms with E-state index in [1.165, 1.54) is 30.3 Å². The maximum absolute atomic E-state index is 14.1. The maximum atomic E-state index is 14.1. The number of aliphatic carboxylic acids is 1. The van der Waals surface area contributed by atoms with Crippen molar-refractivity contribution in [2.24, 2.45) is 0 Å². The summed E-state index contributed by atoms with van der Waals surface area (Å²) in [5, 5.41) is 32.5. The molecule has 4 rings (SSSR count). The molecule has 0 bridgehead atoms. The molecule has 0 aliphatic rings. The monoisotopic (exact) mass is 654 g/mol. The third-order valence-electron chi connectivity index (χ3n) is 7.16. The molecule has 0 saturated carbocycles. The molecule has 4 aromatic rings. The Labute approximate surface area is 268 Å². The number of ether oxygens (including phenoxy) is 1. The molecule has 0 fully saturated rings. The minimum absolute atomic E-state index is 0.136. The van der Waals surface area contributed by atoms with Gasteiger partial charge in [0.15, 0.2) is 0 Å². The Hall–Kier alpha value is -4.94. The van der Waals surface area contributed by atoms with Gasteiger partial charge in [-0.1, -0.05) is 60.7 Å². The summed E-state index contributed by atoms with van der Waals surface area (Å²) in [7, 11) is 0. The molecule has 0 spiro atoms. The number of amides is 1. The van der Waals surface area contributed by atoms with Crippen LogP contribution in [0.15, 0.2) is 84.9 Å². The Morgan fingerprint density at radius 1 is 0.936 bits per heavy atom. The molecule has 1 amide bonds. The number of carboxylic acid groups (broad SMARTS) is 1. The van der Waals surface area contributed by atoms with Gasteiger partial charge >= 0.3 is 12.3 Å². The highest BCUT2D eigenvalue weighted by molar-refractivity contribution is 6.06. The first-order valence-corrected chi connectivity index (χ1v) is 14.7. The van der Waals surface area contributed by atoms with Gasteiger partial charge in [-0.3, -0.25) is 9.59 Å². The maximum Gasteiger partial charge on any atom is 0.573 e. The van der Waals surface area contributed by atoms with E-state index in [0.29, 0.717) is 33.5 Å². The van der Waals surface area contributed by atoms with Crippen molar-refractivity contribution in [3.63, 3.8) is 0 Å². The highest BCUT2D eigenvalue weighted by atomic mass is 19.4. The molecule has 2 atom stereocenters. The number of rotatable bonds is 13. The van der Waals surface area contributed by atoms with Crippen molar-refractivity contribution in [2.75, 3.05) is 0 Å². The molecule has 0 aliphatic heterocycles. The van der Waals surface area contributed by atoms with E-state index in [-0.39, 0.29) is 24.7 Å². The van der Waals surface area contributed by atoms with Crippen LogP contribution in [0.1, 0.15) is 54.5 Å². The second kappa shape index (κ2) is 15.1. The Balaban J connectivity index is 1.86. The van der Waals surface area contributed by atoms with Crippen LogP contribution in [0.5, 0.6) is 5.75 Å². The van der Waals surface area contributed by atoms with Gasteiger partial charge in [-0.05, 0) is 60.9 Å². The molecule has 4 N–H and O–H groups in total. The molecule has 8 nitrogen and oxygen atoms in total. The lowest BCUT2D eigenvalue weighted by Gasteiger charge is -2.17. The lowest BCUT2D eigenvalue weighted by atomic mass is 9.94. The molecule has 248 valence electrons. The van der Waals surface area contributed by atoms with Gasteiger partial charge in [0.1, 0.15) is 17.3 Å². The highest BCUT2D eigenvalue weighted by Gasteiger charge is 2.32. The van der Waals surface area contributed by atoms with E-state index >= 15 is 0 Å². The predicted molar refractivity (Wildman–Crippen MR) is 168 cm³/mol. The zero-order valence-corrected chi connectivity index (χ0v) is 25.5. The van der Waals surface area contributed by atoms with Crippen molar-refractivity contribution < 1.29 is 47.2 Å². The van der Waals surface area contributed by atoms with Gasteiger partial charge < -0.3 is 29.9 Å². The van der Waals surface area contributed by atoms with Gasteiger partial charge in [0, 0.05) is 35.8 Å². The number of carbonyl (C=O) groups excluding carboxylic acids is 1. The Morgan fingerprint density at radius 2 is 1.60 bits per heavy atom. The second-order valence-electron chi connectivity index (χ2n) is 11.1. The zero-order chi connectivity index (χ0) is 34.3. The Kier molecular flexibility index (Phi) is 11.2. The first-order valence-electron chi connectivity index (χ1n) is 14.7. The van der Waals surface area contributed by atoms with Crippen molar-refractivity contribution in [2.45, 2.75) is 57.8 Å². The summed E-state index contributed by atoms with van der Waals surface area (Å²) in [6.07, 6.45) is -5.29. The number of hydrogen-bond acceptors (Lipinski definition) is 5. The first kappa shape index (κ1) is 34.9. The molecule has 1 aromatic heterocycles. The van der Waals surface area contributed by atoms with Crippen LogP contribution < -0.4 is 10.1 Å². The smallest absolute Gasteiger partial charge is 0.481 e. The van der Waals surface area contributed by atoms with Gasteiger partial charge in [-0.15, -0.1) is 13.2 Å². The van der Waals surface area contributed by atoms with Crippen LogP contribution in [0.3, 0.4) is 0 Å². The zero-order valence-electron chi connectivity index (χ0n) is 25.5. The Bertz CT molecular complexity index is 1720. The molecule has 12 heteroatoms. The number of carboxylic acids is 1. The van der Waals surface area contributed by atoms with Crippen LogP contribution in [0.4, 0.5) is 17.6 Å². The summed E-state index contributed by atoms with van der Waals surface area (Å²) in [5.74, 6) is -2.69. The fourth-order valence-corrected chi connectivity index (χ4v) is 5.29. The predicted octanol–water partition coefficient (Wildman–Crippen LogP) is 6.97. The minimum Gasteiger partial charge on any atom is -0.481 e. The number of halogens is 4. The van der Waals surface area contributed by atoms with Crippen molar-refractivity contribution in [3.8, 4) is 28.0 Å². The van der Waals surface area contributed by atoms with Crippen molar-refractivity contribution in [3.05, 3.63) is 108 Å². The number of alkyl halides is 3. The fourth-order valence-electron chi connectivity index (χ4n) is 5.29. The topological polar surface area (TPSA) is 121 Å². The van der Waals surface area contributed by atoms with Crippen molar-refractivity contribution >= 4 is 18.0 Å². The lowest BCUT2D eigenvalue weighted by Crippen LogP contribution is -2.27. The number of aliphatic hydroxyl groups is 2. The molecule has 0 radical (unpaired) electrons. The number of benzene rings is 3. The molecule has 2 unspecified atom stereocenters. The number of aliphatic hydroxyl groups excluding tert-OH is 2. The molecule has 47 heavy (non-hydrogen) atoms. The third kappa shape index (κ3) is 9.30. The number of carbonyl (C=O) groups is 2. The van der Waals surface area contributed by atoms with Gasteiger partial charge in [0.2, 0.25) is 0 Å². The largest absolute Gasteiger partial charge is 0.573 e. The standard InChI is InChI=1S/C35H34F4N2O6/c1-21(2)41-29(16-15-26(42)18-27(43)19-30(44)45)31(24-11-13-25(36)14-12-24)32(23-8-4-3-5-9-23)33(41)34(46)40-20-22-7-6-10-28(17-22)47-35(37,38)39/h3-17,21,26-27,42-43H,18-20H2,1-2H3,(H,40,46)(H,44,45). The molecule has 1 heterocycles. The SMILES string of the molecule is CC(C)n1c(C=CC(O)CC(O)CC(=O)O)c(-c2ccc(F)cc2)c(-c2ccccc2)c1C(=O)NCc1cccc(OC(F)(F)F)c1. The summed E-state index contributed by atoms with van der Waals surface area (Å²) in [5.41, 5.74) is 3.23. The number of nitrogens with zero attached hydrogens (tertiary/aromatic N) is 1. The molecule has 0 aliphatic carbocycles. The number of hydrogen-bond donors (Lipinski definition) is 4. The summed E-state index contributed by atoms with van der Waals surface area (Å²) in [4.78, 5) is 25.1. The van der Waals surface area contributed by atoms with Crippen LogP contribution in [0.25, 0.3) is 28.3 Å². The summed E-state index contributed by atoms with van der Waals surface area (Å²) in [6.45, 7) is 3.54. The van der Waals surface area contributed by atoms with Crippen LogP contribution in [-0.4, -0.2) is 50.3 Å². The molecule has 3 aromatic carbocycles. The first-order chi connectivity index (χ1) is 22.2. The van der Waals surface area contributed by atoms with E-state index < -0.39 is 48.4 Å². The normalized spacial score (nSPS) is 13.1. The van der Waals surface area contributed by atoms with Crippen molar-refractivity contribution in [1.82, 2.24) is 9.88 Å². The quantitative estimate of drug-likeness (QED) is 0.116. The van der Waals surface area contributed by atoms with E-state index in [2.05, 4.69) is 10.1 Å².